The molecule has 3 N–H and O–H groups in total. The van der Waals surface area contributed by atoms with Crippen molar-refractivity contribution in [3.63, 3.8) is 0 Å². The van der Waals surface area contributed by atoms with Crippen molar-refractivity contribution in [3.05, 3.63) is 48.2 Å². The third-order valence-corrected chi connectivity index (χ3v) is 4.01. The highest BCUT2D eigenvalue weighted by molar-refractivity contribution is 5.76. The Morgan fingerprint density at radius 1 is 1.30 bits per heavy atom. The van der Waals surface area contributed by atoms with Gasteiger partial charge in [-0.2, -0.15) is 5.10 Å². The molecule has 0 unspecified atom stereocenters. The van der Waals surface area contributed by atoms with Gasteiger partial charge in [-0.05, 0) is 5.56 Å². The molecule has 0 radical (unpaired) electrons. The number of hydrogen-bond donors (Lipinski definition) is 3. The second-order valence-electron chi connectivity index (χ2n) is 5.86. The minimum atomic E-state index is 0.0810. The van der Waals surface area contributed by atoms with Crippen molar-refractivity contribution >= 4 is 11.7 Å². The number of carbonyl (C=O) groups is 1. The van der Waals surface area contributed by atoms with Gasteiger partial charge < -0.3 is 16.0 Å². The lowest BCUT2D eigenvalue weighted by molar-refractivity contribution is -0.121. The van der Waals surface area contributed by atoms with Gasteiger partial charge >= 0.3 is 0 Å². The number of fused-ring (bicyclic) bond motifs is 1. The van der Waals surface area contributed by atoms with Crippen LogP contribution < -0.4 is 16.0 Å². The molecule has 2 heterocycles. The molecule has 1 amide bonds. The Morgan fingerprint density at radius 3 is 3.04 bits per heavy atom. The fourth-order valence-corrected chi connectivity index (χ4v) is 2.72. The lowest BCUT2D eigenvalue weighted by Crippen LogP contribution is -2.36. The molecular formula is C17H23N5O. The molecular weight excluding hydrogens is 290 g/mol. The van der Waals surface area contributed by atoms with Crippen LogP contribution in [0.5, 0.6) is 0 Å². The minimum absolute atomic E-state index is 0.0810. The highest BCUT2D eigenvalue weighted by Crippen LogP contribution is 2.15. The van der Waals surface area contributed by atoms with E-state index in [4.69, 9.17) is 0 Å². The number of amides is 1. The summed E-state index contributed by atoms with van der Waals surface area (Å²) in [5.41, 5.74) is 1.12. The molecule has 0 fully saturated rings. The van der Waals surface area contributed by atoms with E-state index in [9.17, 15) is 4.79 Å². The summed E-state index contributed by atoms with van der Waals surface area (Å²) in [6.07, 6.45) is 2.31. The van der Waals surface area contributed by atoms with Gasteiger partial charge in [-0.1, -0.05) is 30.3 Å². The van der Waals surface area contributed by atoms with Crippen molar-refractivity contribution in [1.29, 1.82) is 0 Å². The number of benzene rings is 1. The molecule has 1 aromatic heterocycles. The Kier molecular flexibility index (Phi) is 5.26. The van der Waals surface area contributed by atoms with Crippen molar-refractivity contribution < 1.29 is 4.79 Å². The zero-order valence-electron chi connectivity index (χ0n) is 13.2. The molecule has 1 aliphatic rings. The summed E-state index contributed by atoms with van der Waals surface area (Å²) in [7, 11) is 0. The van der Waals surface area contributed by atoms with Crippen LogP contribution in [0.2, 0.25) is 0 Å². The van der Waals surface area contributed by atoms with E-state index in [0.29, 0.717) is 25.4 Å². The van der Waals surface area contributed by atoms with Crippen LogP contribution in [0, 0.1) is 5.92 Å². The first-order valence-electron chi connectivity index (χ1n) is 8.08. The topological polar surface area (TPSA) is 71.0 Å². The van der Waals surface area contributed by atoms with Crippen molar-refractivity contribution in [2.75, 3.05) is 25.0 Å². The Hall–Kier alpha value is -2.34. The summed E-state index contributed by atoms with van der Waals surface area (Å²) in [4.78, 5) is 11.8. The van der Waals surface area contributed by atoms with E-state index in [2.05, 4.69) is 21.0 Å². The van der Waals surface area contributed by atoms with Crippen LogP contribution in [0.1, 0.15) is 12.0 Å². The molecule has 0 bridgehead atoms. The SMILES string of the molecule is O=C(CCNC[C@@H]1CNc2ccnn2C1)NCc1ccccc1. The minimum Gasteiger partial charge on any atom is -0.370 e. The van der Waals surface area contributed by atoms with E-state index >= 15 is 0 Å². The quantitative estimate of drug-likeness (QED) is 0.672. The van der Waals surface area contributed by atoms with Crippen LogP contribution in [-0.4, -0.2) is 35.3 Å². The molecule has 1 aromatic carbocycles. The second kappa shape index (κ2) is 7.78. The van der Waals surface area contributed by atoms with Crippen LogP contribution in [0.15, 0.2) is 42.6 Å². The smallest absolute Gasteiger partial charge is 0.221 e. The number of nitrogens with zero attached hydrogens (tertiary/aromatic N) is 2. The number of carbonyl (C=O) groups excluding carboxylic acids is 1. The molecule has 3 rings (SSSR count). The molecule has 0 aliphatic carbocycles. The summed E-state index contributed by atoms with van der Waals surface area (Å²) in [6.45, 7) is 4.04. The van der Waals surface area contributed by atoms with Gasteiger partial charge in [0.05, 0.1) is 6.20 Å². The third kappa shape index (κ3) is 4.56. The van der Waals surface area contributed by atoms with Gasteiger partial charge in [-0.3, -0.25) is 4.79 Å². The summed E-state index contributed by atoms with van der Waals surface area (Å²) in [5.74, 6) is 1.66. The molecule has 0 spiro atoms. The van der Waals surface area contributed by atoms with Gasteiger partial charge in [0.2, 0.25) is 5.91 Å². The van der Waals surface area contributed by atoms with Gasteiger partial charge in [-0.25, -0.2) is 4.68 Å². The number of nitrogens with one attached hydrogen (secondary N) is 3. The molecule has 1 aliphatic heterocycles. The molecule has 0 saturated carbocycles. The van der Waals surface area contributed by atoms with E-state index in [1.807, 2.05) is 47.3 Å². The first-order chi connectivity index (χ1) is 11.3. The van der Waals surface area contributed by atoms with E-state index < -0.39 is 0 Å². The fourth-order valence-electron chi connectivity index (χ4n) is 2.72. The van der Waals surface area contributed by atoms with Gasteiger partial charge in [-0.15, -0.1) is 0 Å². The van der Waals surface area contributed by atoms with Crippen LogP contribution >= 0.6 is 0 Å². The number of aromatic nitrogens is 2. The molecule has 1 atom stereocenters. The normalized spacial score (nSPS) is 16.4. The maximum Gasteiger partial charge on any atom is 0.221 e. The molecule has 2 aromatic rings. The van der Waals surface area contributed by atoms with Crippen LogP contribution in [-0.2, 0) is 17.9 Å². The first kappa shape index (κ1) is 15.6. The van der Waals surface area contributed by atoms with E-state index in [1.165, 1.54) is 0 Å². The van der Waals surface area contributed by atoms with Gasteiger partial charge in [0, 0.05) is 51.1 Å². The highest BCUT2D eigenvalue weighted by Gasteiger charge is 2.17. The maximum absolute atomic E-state index is 11.8. The van der Waals surface area contributed by atoms with Gasteiger partial charge in [0.1, 0.15) is 5.82 Å². The third-order valence-electron chi connectivity index (χ3n) is 4.01. The van der Waals surface area contributed by atoms with Crippen LogP contribution in [0.25, 0.3) is 0 Å². The summed E-state index contributed by atoms with van der Waals surface area (Å²) in [6, 6.07) is 11.9. The molecule has 6 heteroatoms. The lowest BCUT2D eigenvalue weighted by atomic mass is 10.1. The number of hydrogen-bond acceptors (Lipinski definition) is 4. The van der Waals surface area contributed by atoms with E-state index in [0.717, 1.165) is 31.0 Å². The zero-order valence-corrected chi connectivity index (χ0v) is 13.2. The summed E-state index contributed by atoms with van der Waals surface area (Å²) < 4.78 is 1.99. The highest BCUT2D eigenvalue weighted by atomic mass is 16.1. The number of rotatable bonds is 7. The van der Waals surface area contributed by atoms with Crippen molar-refractivity contribution in [2.24, 2.45) is 5.92 Å². The average molecular weight is 313 g/mol. The van der Waals surface area contributed by atoms with Crippen LogP contribution in [0.3, 0.4) is 0 Å². The van der Waals surface area contributed by atoms with Crippen molar-refractivity contribution in [3.8, 4) is 0 Å². The second-order valence-corrected chi connectivity index (χ2v) is 5.86. The van der Waals surface area contributed by atoms with Crippen molar-refractivity contribution in [2.45, 2.75) is 19.5 Å². The standard InChI is InChI=1S/C17H23N5O/c23-17(20-11-14-4-2-1-3-5-14)7-8-18-10-15-12-19-16-6-9-21-22(16)13-15/h1-6,9,15,18-19H,7-8,10-13H2,(H,20,23)/t15-/m1/s1. The van der Waals surface area contributed by atoms with Gasteiger partial charge in [0.25, 0.3) is 0 Å². The lowest BCUT2D eigenvalue weighted by Gasteiger charge is -2.25. The molecule has 23 heavy (non-hydrogen) atoms. The first-order valence-corrected chi connectivity index (χ1v) is 8.08. The average Bonchev–Trinajstić information content (AvgIpc) is 3.05. The summed E-state index contributed by atoms with van der Waals surface area (Å²) in [5, 5.41) is 13.9. The predicted molar refractivity (Wildman–Crippen MR) is 90.0 cm³/mol. The van der Waals surface area contributed by atoms with Crippen molar-refractivity contribution in [1.82, 2.24) is 20.4 Å². The predicted octanol–water partition coefficient (Wildman–Crippen LogP) is 1.22. The van der Waals surface area contributed by atoms with E-state index in [-0.39, 0.29) is 5.91 Å². The Bertz CT molecular complexity index is 625. The van der Waals surface area contributed by atoms with E-state index in [1.54, 1.807) is 0 Å². The fraction of sp³-hybridized carbons (Fsp3) is 0.412. The Labute approximate surface area is 136 Å². The Balaban J connectivity index is 1.29. The molecule has 0 saturated heterocycles. The van der Waals surface area contributed by atoms with Gasteiger partial charge in [0.15, 0.2) is 0 Å². The molecule has 122 valence electrons. The largest absolute Gasteiger partial charge is 0.370 e. The maximum atomic E-state index is 11.8. The monoisotopic (exact) mass is 313 g/mol. The van der Waals surface area contributed by atoms with Crippen LogP contribution in [0.4, 0.5) is 5.82 Å². The summed E-state index contributed by atoms with van der Waals surface area (Å²) >= 11 is 0. The zero-order chi connectivity index (χ0) is 15.9. The Morgan fingerprint density at radius 2 is 2.17 bits per heavy atom. The molecule has 6 nitrogen and oxygen atoms in total. The number of anilines is 1.